The van der Waals surface area contributed by atoms with E-state index in [1.54, 1.807) is 25.9 Å². The molecule has 0 bridgehead atoms. The fourth-order valence-electron chi connectivity index (χ4n) is 2.09. The molecule has 2 rings (SSSR count). The van der Waals surface area contributed by atoms with Gasteiger partial charge in [0.1, 0.15) is 0 Å². The summed E-state index contributed by atoms with van der Waals surface area (Å²) < 4.78 is 5.07. The highest BCUT2D eigenvalue weighted by molar-refractivity contribution is 5.93. The van der Waals surface area contributed by atoms with Gasteiger partial charge >= 0.3 is 0 Å². The van der Waals surface area contributed by atoms with E-state index in [4.69, 9.17) is 4.52 Å². The van der Waals surface area contributed by atoms with E-state index in [1.165, 1.54) is 0 Å². The molecule has 1 heterocycles. The first-order chi connectivity index (χ1) is 12.0. The Balaban J connectivity index is 1.96. The van der Waals surface area contributed by atoms with Gasteiger partial charge in [-0.25, -0.2) is 4.99 Å². The Morgan fingerprint density at radius 2 is 1.96 bits per heavy atom. The predicted molar refractivity (Wildman–Crippen MR) is 95.1 cm³/mol. The fourth-order valence-corrected chi connectivity index (χ4v) is 2.09. The number of hydrogen-bond donors (Lipinski definition) is 2. The van der Waals surface area contributed by atoms with E-state index in [9.17, 15) is 4.79 Å². The molecule has 1 aromatic carbocycles. The van der Waals surface area contributed by atoms with Crippen LogP contribution in [0.4, 0.5) is 0 Å². The van der Waals surface area contributed by atoms with E-state index in [0.29, 0.717) is 36.3 Å². The number of carbonyl (C=O) groups excluding carboxylic acids is 1. The minimum atomic E-state index is -0.0140. The monoisotopic (exact) mass is 344 g/mol. The summed E-state index contributed by atoms with van der Waals surface area (Å²) in [6, 6.07) is 7.44. The van der Waals surface area contributed by atoms with Crippen molar-refractivity contribution in [2.45, 2.75) is 26.9 Å². The summed E-state index contributed by atoms with van der Waals surface area (Å²) in [7, 11) is 3.47. The van der Waals surface area contributed by atoms with Gasteiger partial charge in [-0.3, -0.25) is 4.79 Å². The quantitative estimate of drug-likeness (QED) is 0.606. The highest BCUT2D eigenvalue weighted by Gasteiger charge is 2.07. The molecule has 2 N–H and O–H groups in total. The van der Waals surface area contributed by atoms with Gasteiger partial charge in [-0.15, -0.1) is 0 Å². The second kappa shape index (κ2) is 8.81. The number of aryl methyl sites for hydroxylation is 1. The summed E-state index contributed by atoms with van der Waals surface area (Å²) in [4.78, 5) is 22.1. The molecule has 0 saturated carbocycles. The number of aliphatic imine (C=N–C) groups is 1. The average Bonchev–Trinajstić information content (AvgIpc) is 3.02. The van der Waals surface area contributed by atoms with Gasteiger partial charge in [-0.05, 0) is 31.5 Å². The summed E-state index contributed by atoms with van der Waals surface area (Å²) in [6.45, 7) is 5.41. The lowest BCUT2D eigenvalue weighted by molar-refractivity contribution is 0.0827. The highest BCUT2D eigenvalue weighted by atomic mass is 16.5. The van der Waals surface area contributed by atoms with Crippen molar-refractivity contribution in [2.75, 3.05) is 20.6 Å². The molecule has 2 aromatic rings. The van der Waals surface area contributed by atoms with Crippen LogP contribution in [0.15, 0.2) is 33.8 Å². The van der Waals surface area contributed by atoms with Crippen molar-refractivity contribution in [1.29, 1.82) is 0 Å². The van der Waals surface area contributed by atoms with Crippen molar-refractivity contribution >= 4 is 11.9 Å². The van der Waals surface area contributed by atoms with Crippen LogP contribution in [0.1, 0.15) is 34.6 Å². The number of carbonyl (C=O) groups is 1. The zero-order chi connectivity index (χ0) is 18.2. The maximum Gasteiger partial charge on any atom is 0.253 e. The van der Waals surface area contributed by atoms with Crippen LogP contribution in [0.25, 0.3) is 0 Å². The summed E-state index contributed by atoms with van der Waals surface area (Å²) >= 11 is 0. The molecule has 0 aliphatic heterocycles. The van der Waals surface area contributed by atoms with Crippen LogP contribution in [0.5, 0.6) is 0 Å². The summed E-state index contributed by atoms with van der Waals surface area (Å²) in [5.74, 6) is 1.76. The van der Waals surface area contributed by atoms with Crippen molar-refractivity contribution in [3.05, 3.63) is 47.1 Å². The Morgan fingerprint density at radius 1 is 1.24 bits per heavy atom. The molecule has 134 valence electrons. The van der Waals surface area contributed by atoms with Crippen molar-refractivity contribution < 1.29 is 9.32 Å². The number of guanidine groups is 1. The molecule has 1 aromatic heterocycles. The Hall–Kier alpha value is -2.90. The number of nitrogens with zero attached hydrogens (tertiary/aromatic N) is 4. The molecule has 25 heavy (non-hydrogen) atoms. The Bertz CT molecular complexity index is 721. The fraction of sp³-hybridized carbons (Fsp3) is 0.412. The van der Waals surface area contributed by atoms with Gasteiger partial charge in [-0.2, -0.15) is 4.98 Å². The van der Waals surface area contributed by atoms with E-state index < -0.39 is 0 Å². The second-order valence-corrected chi connectivity index (χ2v) is 5.68. The Kier molecular flexibility index (Phi) is 6.50. The zero-order valence-electron chi connectivity index (χ0n) is 15.0. The Labute approximate surface area is 147 Å². The SMILES string of the molecule is CCNC(=NCc1ccc(C(=O)N(C)C)cc1)NCc1nc(C)no1. The minimum Gasteiger partial charge on any atom is -0.357 e. The molecule has 0 spiro atoms. The maximum atomic E-state index is 11.9. The molecule has 0 aliphatic carbocycles. The molecule has 0 aliphatic rings. The number of nitrogens with one attached hydrogen (secondary N) is 2. The molecular formula is C17H24N6O2. The molecule has 0 radical (unpaired) electrons. The number of amides is 1. The third-order valence-corrected chi connectivity index (χ3v) is 3.35. The van der Waals surface area contributed by atoms with Crippen LogP contribution < -0.4 is 10.6 Å². The highest BCUT2D eigenvalue weighted by Crippen LogP contribution is 2.07. The lowest BCUT2D eigenvalue weighted by Gasteiger charge is -2.11. The van der Waals surface area contributed by atoms with Crippen molar-refractivity contribution in [2.24, 2.45) is 4.99 Å². The molecule has 0 atom stereocenters. The van der Waals surface area contributed by atoms with Gasteiger partial charge in [0.2, 0.25) is 5.89 Å². The minimum absolute atomic E-state index is 0.0140. The van der Waals surface area contributed by atoms with Crippen LogP contribution in [0.2, 0.25) is 0 Å². The van der Waals surface area contributed by atoms with E-state index in [1.807, 2.05) is 31.2 Å². The Morgan fingerprint density at radius 3 is 2.52 bits per heavy atom. The topological polar surface area (TPSA) is 95.7 Å². The van der Waals surface area contributed by atoms with Gasteiger partial charge in [-0.1, -0.05) is 17.3 Å². The van der Waals surface area contributed by atoms with E-state index in [0.717, 1.165) is 12.1 Å². The van der Waals surface area contributed by atoms with E-state index >= 15 is 0 Å². The van der Waals surface area contributed by atoms with E-state index in [-0.39, 0.29) is 5.91 Å². The first-order valence-electron chi connectivity index (χ1n) is 8.11. The molecule has 0 unspecified atom stereocenters. The summed E-state index contributed by atoms with van der Waals surface area (Å²) in [6.07, 6.45) is 0. The predicted octanol–water partition coefficient (Wildman–Crippen LogP) is 1.34. The number of benzene rings is 1. The van der Waals surface area contributed by atoms with Crippen LogP contribution in [-0.4, -0.2) is 47.5 Å². The maximum absolute atomic E-state index is 11.9. The zero-order valence-corrected chi connectivity index (χ0v) is 15.0. The molecule has 0 fully saturated rings. The van der Waals surface area contributed by atoms with Crippen molar-refractivity contribution in [1.82, 2.24) is 25.7 Å². The van der Waals surface area contributed by atoms with Crippen LogP contribution >= 0.6 is 0 Å². The first kappa shape index (κ1) is 18.4. The second-order valence-electron chi connectivity index (χ2n) is 5.68. The third-order valence-electron chi connectivity index (χ3n) is 3.35. The van der Waals surface area contributed by atoms with Gasteiger partial charge in [0.25, 0.3) is 5.91 Å². The van der Waals surface area contributed by atoms with Gasteiger partial charge in [0, 0.05) is 26.2 Å². The van der Waals surface area contributed by atoms with Crippen LogP contribution in [-0.2, 0) is 13.1 Å². The molecule has 0 saturated heterocycles. The van der Waals surface area contributed by atoms with Crippen LogP contribution in [0.3, 0.4) is 0 Å². The van der Waals surface area contributed by atoms with Gasteiger partial charge in [0.05, 0.1) is 13.1 Å². The molecule has 8 heteroatoms. The smallest absolute Gasteiger partial charge is 0.253 e. The summed E-state index contributed by atoms with van der Waals surface area (Å²) in [5, 5.41) is 10.1. The van der Waals surface area contributed by atoms with Crippen molar-refractivity contribution in [3.63, 3.8) is 0 Å². The van der Waals surface area contributed by atoms with Gasteiger partial charge in [0.15, 0.2) is 11.8 Å². The van der Waals surface area contributed by atoms with Crippen LogP contribution in [0, 0.1) is 6.92 Å². The molecule has 8 nitrogen and oxygen atoms in total. The lowest BCUT2D eigenvalue weighted by atomic mass is 10.1. The molecule has 1 amide bonds. The molecular weight excluding hydrogens is 320 g/mol. The third kappa shape index (κ3) is 5.59. The standard InChI is InChI=1S/C17H24N6O2/c1-5-18-17(20-11-15-21-12(2)22-25-15)19-10-13-6-8-14(9-7-13)16(24)23(3)4/h6-9H,5,10-11H2,1-4H3,(H2,18,19,20). The average molecular weight is 344 g/mol. The van der Waals surface area contributed by atoms with E-state index in [2.05, 4.69) is 25.8 Å². The number of rotatable bonds is 6. The lowest BCUT2D eigenvalue weighted by Crippen LogP contribution is -2.36. The van der Waals surface area contributed by atoms with Gasteiger partial charge < -0.3 is 20.1 Å². The first-order valence-corrected chi connectivity index (χ1v) is 8.11. The largest absolute Gasteiger partial charge is 0.357 e. The van der Waals surface area contributed by atoms with Crippen molar-refractivity contribution in [3.8, 4) is 0 Å². The summed E-state index contributed by atoms with van der Waals surface area (Å²) in [5.41, 5.74) is 1.68. The number of hydrogen-bond acceptors (Lipinski definition) is 5. The number of aromatic nitrogens is 2. The normalized spacial score (nSPS) is 11.3.